The van der Waals surface area contributed by atoms with Crippen LogP contribution < -0.4 is 5.43 Å². The van der Waals surface area contributed by atoms with Crippen molar-refractivity contribution in [3.63, 3.8) is 0 Å². The summed E-state index contributed by atoms with van der Waals surface area (Å²) in [6, 6.07) is 8.48. The molecule has 0 fully saturated rings. The maximum absolute atomic E-state index is 11.6. The number of aromatic amines is 1. The second-order valence-corrected chi connectivity index (χ2v) is 3.62. The van der Waals surface area contributed by atoms with Crippen LogP contribution in [0.5, 0.6) is 0 Å². The molecule has 15 heavy (non-hydrogen) atoms. The minimum Gasteiger partial charge on any atom is -0.357 e. The Hall–Kier alpha value is -1.79. The van der Waals surface area contributed by atoms with Crippen LogP contribution >= 0.6 is 11.6 Å². The van der Waals surface area contributed by atoms with Gasteiger partial charge >= 0.3 is 0 Å². The Morgan fingerprint density at radius 1 is 1.40 bits per heavy atom. The highest BCUT2D eigenvalue weighted by Gasteiger charge is 2.02. The third-order valence-electron chi connectivity index (χ3n) is 2.12. The molecule has 0 radical (unpaired) electrons. The summed E-state index contributed by atoms with van der Waals surface area (Å²) in [6.07, 6.45) is 0.202. The van der Waals surface area contributed by atoms with Gasteiger partial charge in [-0.1, -0.05) is 11.6 Å². The van der Waals surface area contributed by atoms with Crippen LogP contribution in [0, 0.1) is 11.3 Å². The SMILES string of the molecule is N#CCc1cc(=O)c2cc(Cl)ccc2[nH]1. The van der Waals surface area contributed by atoms with E-state index in [1.807, 2.05) is 6.07 Å². The Kier molecular flexibility index (Phi) is 2.44. The molecule has 1 aromatic heterocycles. The zero-order valence-corrected chi connectivity index (χ0v) is 8.51. The molecule has 4 heteroatoms. The molecule has 0 bridgehead atoms. The third kappa shape index (κ3) is 1.85. The zero-order chi connectivity index (χ0) is 10.8. The predicted molar refractivity (Wildman–Crippen MR) is 58.9 cm³/mol. The fourth-order valence-electron chi connectivity index (χ4n) is 1.45. The van der Waals surface area contributed by atoms with Crippen molar-refractivity contribution in [2.75, 3.05) is 0 Å². The lowest BCUT2D eigenvalue weighted by Gasteiger charge is -2.00. The molecule has 0 aliphatic rings. The lowest BCUT2D eigenvalue weighted by molar-refractivity contribution is 1.14. The van der Waals surface area contributed by atoms with Crippen molar-refractivity contribution in [3.05, 3.63) is 45.2 Å². The second-order valence-electron chi connectivity index (χ2n) is 3.18. The number of halogens is 1. The maximum Gasteiger partial charge on any atom is 0.189 e. The molecule has 2 aromatic rings. The van der Waals surface area contributed by atoms with Gasteiger partial charge in [0, 0.05) is 27.7 Å². The van der Waals surface area contributed by atoms with Crippen LogP contribution in [0.1, 0.15) is 5.69 Å². The molecule has 0 amide bonds. The Bertz CT molecular complexity index is 610. The van der Waals surface area contributed by atoms with Gasteiger partial charge < -0.3 is 4.98 Å². The molecule has 1 aromatic carbocycles. The number of nitrogens with one attached hydrogen (secondary N) is 1. The normalized spacial score (nSPS) is 10.1. The van der Waals surface area contributed by atoms with E-state index in [0.717, 1.165) is 0 Å². The fourth-order valence-corrected chi connectivity index (χ4v) is 1.63. The van der Waals surface area contributed by atoms with E-state index >= 15 is 0 Å². The monoisotopic (exact) mass is 218 g/mol. The first-order chi connectivity index (χ1) is 7.20. The molecule has 74 valence electrons. The average molecular weight is 219 g/mol. The van der Waals surface area contributed by atoms with Crippen molar-refractivity contribution >= 4 is 22.5 Å². The van der Waals surface area contributed by atoms with Gasteiger partial charge in [-0.05, 0) is 18.2 Å². The number of fused-ring (bicyclic) bond motifs is 1. The maximum atomic E-state index is 11.6. The van der Waals surface area contributed by atoms with Crippen molar-refractivity contribution in [2.24, 2.45) is 0 Å². The van der Waals surface area contributed by atoms with Crippen molar-refractivity contribution in [1.29, 1.82) is 5.26 Å². The van der Waals surface area contributed by atoms with Crippen molar-refractivity contribution < 1.29 is 0 Å². The molecule has 3 nitrogen and oxygen atoms in total. The lowest BCUT2D eigenvalue weighted by atomic mass is 10.2. The molecule has 2 rings (SSSR count). The van der Waals surface area contributed by atoms with Crippen molar-refractivity contribution in [2.45, 2.75) is 6.42 Å². The highest BCUT2D eigenvalue weighted by molar-refractivity contribution is 6.31. The van der Waals surface area contributed by atoms with Gasteiger partial charge in [0.1, 0.15) is 0 Å². The smallest absolute Gasteiger partial charge is 0.189 e. The van der Waals surface area contributed by atoms with Gasteiger partial charge in [-0.15, -0.1) is 0 Å². The summed E-state index contributed by atoms with van der Waals surface area (Å²) in [5.74, 6) is 0. The van der Waals surface area contributed by atoms with Crippen LogP contribution in [0.2, 0.25) is 5.02 Å². The molecular formula is C11H7ClN2O. The number of H-pyrrole nitrogens is 1. The van der Waals surface area contributed by atoms with E-state index in [0.29, 0.717) is 21.6 Å². The van der Waals surface area contributed by atoms with Crippen LogP contribution in [0.4, 0.5) is 0 Å². The van der Waals surface area contributed by atoms with Gasteiger partial charge in [0.05, 0.1) is 12.5 Å². The summed E-state index contributed by atoms with van der Waals surface area (Å²) >= 11 is 5.79. The van der Waals surface area contributed by atoms with Gasteiger partial charge in [0.15, 0.2) is 5.43 Å². The topological polar surface area (TPSA) is 56.6 Å². The molecule has 0 saturated heterocycles. The van der Waals surface area contributed by atoms with Gasteiger partial charge in [-0.25, -0.2) is 0 Å². The van der Waals surface area contributed by atoms with Gasteiger partial charge in [-0.3, -0.25) is 4.79 Å². The van der Waals surface area contributed by atoms with Gasteiger partial charge in [-0.2, -0.15) is 5.26 Å². The summed E-state index contributed by atoms with van der Waals surface area (Å²) in [5.41, 5.74) is 1.21. The quantitative estimate of drug-likeness (QED) is 0.798. The van der Waals surface area contributed by atoms with E-state index in [2.05, 4.69) is 4.98 Å². The Balaban J connectivity index is 2.74. The highest BCUT2D eigenvalue weighted by atomic mass is 35.5. The van der Waals surface area contributed by atoms with E-state index in [1.54, 1.807) is 18.2 Å². The standard InChI is InChI=1S/C11H7ClN2O/c12-7-1-2-10-9(5-7)11(15)6-8(14-10)3-4-13/h1-2,5-6H,3H2,(H,14,15). The molecule has 0 saturated carbocycles. The number of nitriles is 1. The summed E-state index contributed by atoms with van der Waals surface area (Å²) in [4.78, 5) is 14.7. The molecule has 1 heterocycles. The number of benzene rings is 1. The Morgan fingerprint density at radius 3 is 2.93 bits per heavy atom. The first-order valence-electron chi connectivity index (χ1n) is 4.39. The van der Waals surface area contributed by atoms with Crippen LogP contribution in [-0.2, 0) is 6.42 Å². The van der Waals surface area contributed by atoms with E-state index < -0.39 is 0 Å². The summed E-state index contributed by atoms with van der Waals surface area (Å²) < 4.78 is 0. The molecule has 1 N–H and O–H groups in total. The van der Waals surface area contributed by atoms with E-state index in [9.17, 15) is 4.79 Å². The number of hydrogen-bond donors (Lipinski definition) is 1. The molecule has 0 aliphatic carbocycles. The summed E-state index contributed by atoms with van der Waals surface area (Å²) in [6.45, 7) is 0. The van der Waals surface area contributed by atoms with Crippen LogP contribution in [0.25, 0.3) is 10.9 Å². The predicted octanol–water partition coefficient (Wildman–Crippen LogP) is 2.25. The first-order valence-corrected chi connectivity index (χ1v) is 4.77. The van der Waals surface area contributed by atoms with E-state index in [4.69, 9.17) is 16.9 Å². The van der Waals surface area contributed by atoms with Crippen LogP contribution in [0.15, 0.2) is 29.1 Å². The van der Waals surface area contributed by atoms with Crippen LogP contribution in [0.3, 0.4) is 0 Å². The fraction of sp³-hybridized carbons (Fsp3) is 0.0909. The zero-order valence-electron chi connectivity index (χ0n) is 7.75. The molecule has 0 aliphatic heterocycles. The second kappa shape index (κ2) is 3.76. The number of hydrogen-bond acceptors (Lipinski definition) is 2. The van der Waals surface area contributed by atoms with Crippen LogP contribution in [-0.4, -0.2) is 4.98 Å². The minimum absolute atomic E-state index is 0.114. The number of nitrogens with zero attached hydrogens (tertiary/aromatic N) is 1. The van der Waals surface area contributed by atoms with E-state index in [1.165, 1.54) is 6.07 Å². The Labute approximate surface area is 90.9 Å². The number of pyridine rings is 1. The molecular weight excluding hydrogens is 212 g/mol. The van der Waals surface area contributed by atoms with E-state index in [-0.39, 0.29) is 11.8 Å². The Morgan fingerprint density at radius 2 is 2.20 bits per heavy atom. The number of aromatic nitrogens is 1. The molecule has 0 spiro atoms. The number of rotatable bonds is 1. The lowest BCUT2D eigenvalue weighted by Crippen LogP contribution is -2.04. The average Bonchev–Trinajstić information content (AvgIpc) is 2.20. The summed E-state index contributed by atoms with van der Waals surface area (Å²) in [5, 5.41) is 9.61. The minimum atomic E-state index is -0.114. The third-order valence-corrected chi connectivity index (χ3v) is 2.35. The van der Waals surface area contributed by atoms with Crippen molar-refractivity contribution in [1.82, 2.24) is 4.98 Å². The summed E-state index contributed by atoms with van der Waals surface area (Å²) in [7, 11) is 0. The van der Waals surface area contributed by atoms with Crippen molar-refractivity contribution in [3.8, 4) is 6.07 Å². The van der Waals surface area contributed by atoms with Gasteiger partial charge in [0.2, 0.25) is 0 Å². The molecule has 0 unspecified atom stereocenters. The van der Waals surface area contributed by atoms with Gasteiger partial charge in [0.25, 0.3) is 0 Å². The highest BCUT2D eigenvalue weighted by Crippen LogP contribution is 2.15. The largest absolute Gasteiger partial charge is 0.357 e. The molecule has 0 atom stereocenters. The first kappa shape index (κ1) is 9.75.